The fourth-order valence-electron chi connectivity index (χ4n) is 1.36. The highest BCUT2D eigenvalue weighted by molar-refractivity contribution is 5.84. The van der Waals surface area contributed by atoms with Gasteiger partial charge >= 0.3 is 0 Å². The van der Waals surface area contributed by atoms with Crippen LogP contribution in [0.3, 0.4) is 0 Å². The Kier molecular flexibility index (Phi) is 1.40. The fraction of sp³-hybridized carbons (Fsp3) is 0.857. The Balaban J connectivity index is 2.10. The van der Waals surface area contributed by atoms with Gasteiger partial charge in [-0.05, 0) is 19.8 Å². The Morgan fingerprint density at radius 2 is 2.55 bits per heavy atom. The molecule has 1 aliphatic carbocycles. The number of aliphatic imine (C=N–C) groups is 1. The average Bonchev–Trinajstić information content (AvgIpc) is 2.77. The number of hydrogen-bond donors (Lipinski definition) is 2. The van der Waals surface area contributed by atoms with Crippen molar-refractivity contribution < 1.29 is 4.84 Å². The summed E-state index contributed by atoms with van der Waals surface area (Å²) in [5.74, 6) is 1.36. The summed E-state index contributed by atoms with van der Waals surface area (Å²) in [6.07, 6.45) is 2.44. The van der Waals surface area contributed by atoms with Gasteiger partial charge in [-0.2, -0.15) is 0 Å². The quantitative estimate of drug-likeness (QED) is 0.590. The van der Waals surface area contributed by atoms with Crippen molar-refractivity contribution in [1.29, 1.82) is 0 Å². The van der Waals surface area contributed by atoms with E-state index >= 15 is 0 Å². The molecule has 1 heterocycles. The zero-order valence-corrected chi connectivity index (χ0v) is 6.63. The number of nitrogens with one attached hydrogen (secondary N) is 1. The van der Waals surface area contributed by atoms with E-state index in [0.717, 1.165) is 5.84 Å². The Labute approximate surface area is 65.8 Å². The molecule has 0 aromatic carbocycles. The molecule has 0 aromatic heterocycles. The van der Waals surface area contributed by atoms with Gasteiger partial charge in [-0.15, -0.1) is 0 Å². The minimum absolute atomic E-state index is 0.325. The molecule has 0 bridgehead atoms. The molecule has 2 aliphatic rings. The summed E-state index contributed by atoms with van der Waals surface area (Å²) in [6.45, 7) is 2.43. The van der Waals surface area contributed by atoms with Gasteiger partial charge in [0.1, 0.15) is 5.84 Å². The molecule has 3 N–H and O–H groups in total. The predicted octanol–water partition coefficient (Wildman–Crippen LogP) is 0.00460. The van der Waals surface area contributed by atoms with Crippen LogP contribution in [0.1, 0.15) is 19.8 Å². The van der Waals surface area contributed by atoms with Crippen LogP contribution >= 0.6 is 0 Å². The topological polar surface area (TPSA) is 59.6 Å². The van der Waals surface area contributed by atoms with Crippen LogP contribution in [0.4, 0.5) is 0 Å². The molecule has 1 saturated carbocycles. The van der Waals surface area contributed by atoms with E-state index in [1.165, 1.54) is 12.8 Å². The Morgan fingerprint density at radius 1 is 1.82 bits per heavy atom. The van der Waals surface area contributed by atoms with Gasteiger partial charge in [0.2, 0.25) is 0 Å². The summed E-state index contributed by atoms with van der Waals surface area (Å²) in [7, 11) is 0. The van der Waals surface area contributed by atoms with E-state index in [4.69, 9.17) is 10.6 Å². The third-order valence-electron chi connectivity index (χ3n) is 2.26. The van der Waals surface area contributed by atoms with Crippen molar-refractivity contribution in [3.8, 4) is 0 Å². The van der Waals surface area contributed by atoms with Gasteiger partial charge in [-0.1, -0.05) is 0 Å². The third kappa shape index (κ3) is 1.12. The van der Waals surface area contributed by atoms with E-state index in [1.54, 1.807) is 0 Å². The van der Waals surface area contributed by atoms with E-state index in [-0.39, 0.29) is 5.72 Å². The summed E-state index contributed by atoms with van der Waals surface area (Å²) in [6, 6.07) is 0. The summed E-state index contributed by atoms with van der Waals surface area (Å²) >= 11 is 0. The SMILES string of the molecule is CC1(C2CC2)N=C(CN)NO1. The lowest BCUT2D eigenvalue weighted by Crippen LogP contribution is -2.30. The Morgan fingerprint density at radius 3 is 3.00 bits per heavy atom. The van der Waals surface area contributed by atoms with Crippen LogP contribution in [0, 0.1) is 5.92 Å². The van der Waals surface area contributed by atoms with Gasteiger partial charge in [0.05, 0.1) is 6.54 Å². The van der Waals surface area contributed by atoms with Crippen LogP contribution in [-0.2, 0) is 4.84 Å². The van der Waals surface area contributed by atoms with Crippen molar-refractivity contribution in [3.63, 3.8) is 0 Å². The normalized spacial score (nSPS) is 36.7. The van der Waals surface area contributed by atoms with E-state index in [0.29, 0.717) is 12.5 Å². The maximum atomic E-state index is 5.40. The van der Waals surface area contributed by atoms with Gasteiger partial charge in [-0.3, -0.25) is 0 Å². The second-order valence-electron chi connectivity index (χ2n) is 3.30. The van der Waals surface area contributed by atoms with Crippen molar-refractivity contribution in [1.82, 2.24) is 5.48 Å². The van der Waals surface area contributed by atoms with Crippen LogP contribution in [0.15, 0.2) is 4.99 Å². The summed E-state index contributed by atoms with van der Waals surface area (Å²) in [4.78, 5) is 9.69. The highest BCUT2D eigenvalue weighted by Gasteiger charge is 2.46. The van der Waals surface area contributed by atoms with Crippen LogP contribution in [0.2, 0.25) is 0 Å². The number of nitrogens with zero attached hydrogens (tertiary/aromatic N) is 1. The molecule has 11 heavy (non-hydrogen) atoms. The molecule has 0 radical (unpaired) electrons. The van der Waals surface area contributed by atoms with Crippen molar-refractivity contribution >= 4 is 5.84 Å². The van der Waals surface area contributed by atoms with Gasteiger partial charge in [0.15, 0.2) is 5.72 Å². The molecular formula is C7H13N3O. The zero-order valence-electron chi connectivity index (χ0n) is 6.63. The maximum absolute atomic E-state index is 5.40. The van der Waals surface area contributed by atoms with Crippen molar-refractivity contribution in [3.05, 3.63) is 0 Å². The highest BCUT2D eigenvalue weighted by atomic mass is 16.7. The van der Waals surface area contributed by atoms with Crippen LogP contribution in [0.25, 0.3) is 0 Å². The van der Waals surface area contributed by atoms with Crippen LogP contribution in [-0.4, -0.2) is 18.1 Å². The lowest BCUT2D eigenvalue weighted by molar-refractivity contribution is -0.0562. The third-order valence-corrected chi connectivity index (χ3v) is 2.26. The minimum Gasteiger partial charge on any atom is -0.324 e. The standard InChI is InChI=1S/C7H13N3O/c1-7(5-2-3-5)9-6(4-8)10-11-7/h5H,2-4,8H2,1H3,(H,9,10). The molecule has 0 spiro atoms. The number of hydroxylamine groups is 1. The lowest BCUT2D eigenvalue weighted by atomic mass is 10.2. The Hall–Kier alpha value is -0.610. The monoisotopic (exact) mass is 155 g/mol. The molecule has 4 heteroatoms. The first kappa shape index (κ1) is 7.06. The minimum atomic E-state index is -0.325. The molecule has 0 saturated heterocycles. The van der Waals surface area contributed by atoms with Gasteiger partial charge in [0.25, 0.3) is 0 Å². The first-order valence-corrected chi connectivity index (χ1v) is 3.97. The fourth-order valence-corrected chi connectivity index (χ4v) is 1.36. The second-order valence-corrected chi connectivity index (χ2v) is 3.30. The molecule has 0 amide bonds. The number of rotatable bonds is 2. The van der Waals surface area contributed by atoms with E-state index in [1.807, 2.05) is 6.92 Å². The van der Waals surface area contributed by atoms with Crippen LogP contribution < -0.4 is 11.2 Å². The predicted molar refractivity (Wildman–Crippen MR) is 41.8 cm³/mol. The molecule has 1 fully saturated rings. The molecular weight excluding hydrogens is 142 g/mol. The number of nitrogens with two attached hydrogens (primary N) is 1. The Bertz CT molecular complexity index is 200. The second kappa shape index (κ2) is 2.19. The van der Waals surface area contributed by atoms with Gasteiger partial charge in [0, 0.05) is 5.92 Å². The smallest absolute Gasteiger partial charge is 0.187 e. The summed E-state index contributed by atoms with van der Waals surface area (Å²) in [5, 5.41) is 0. The first-order chi connectivity index (χ1) is 5.24. The van der Waals surface area contributed by atoms with Gasteiger partial charge < -0.3 is 5.73 Å². The summed E-state index contributed by atoms with van der Waals surface area (Å²) in [5.41, 5.74) is 7.82. The van der Waals surface area contributed by atoms with Crippen molar-refractivity contribution in [2.75, 3.05) is 6.54 Å². The van der Waals surface area contributed by atoms with Crippen molar-refractivity contribution in [2.45, 2.75) is 25.5 Å². The van der Waals surface area contributed by atoms with Crippen molar-refractivity contribution in [2.24, 2.45) is 16.6 Å². The van der Waals surface area contributed by atoms with E-state index in [2.05, 4.69) is 10.5 Å². The molecule has 1 unspecified atom stereocenters. The lowest BCUT2D eigenvalue weighted by Gasteiger charge is -2.16. The zero-order chi connectivity index (χ0) is 7.90. The maximum Gasteiger partial charge on any atom is 0.187 e. The molecule has 0 aromatic rings. The molecule has 4 nitrogen and oxygen atoms in total. The molecule has 2 rings (SSSR count). The average molecular weight is 155 g/mol. The number of amidine groups is 1. The molecule has 62 valence electrons. The molecule has 1 atom stereocenters. The summed E-state index contributed by atoms with van der Waals surface area (Å²) < 4.78 is 0. The van der Waals surface area contributed by atoms with Gasteiger partial charge in [-0.25, -0.2) is 15.3 Å². The first-order valence-electron chi connectivity index (χ1n) is 3.97. The highest BCUT2D eigenvalue weighted by Crippen LogP contribution is 2.43. The largest absolute Gasteiger partial charge is 0.324 e. The van der Waals surface area contributed by atoms with E-state index < -0.39 is 0 Å². The van der Waals surface area contributed by atoms with E-state index in [9.17, 15) is 0 Å². The van der Waals surface area contributed by atoms with Crippen LogP contribution in [0.5, 0.6) is 0 Å². The molecule has 1 aliphatic heterocycles. The number of hydrogen-bond acceptors (Lipinski definition) is 4.